The monoisotopic (exact) mass is 1150 g/mol. The zero-order valence-corrected chi connectivity index (χ0v) is 55.5. The molecule has 0 rings (SSSR count). The van der Waals surface area contributed by atoms with Crippen LogP contribution in [0.3, 0.4) is 0 Å². The first-order valence-electron chi connectivity index (χ1n) is 37.2. The third-order valence-corrected chi connectivity index (χ3v) is 17.4. The number of nitrogens with one attached hydrogen (secondary N) is 1. The van der Waals surface area contributed by atoms with Gasteiger partial charge >= 0.3 is 5.97 Å². The Morgan fingerprint density at radius 2 is 0.634 bits per heavy atom. The molecule has 0 aliphatic heterocycles. The van der Waals surface area contributed by atoms with Crippen LogP contribution in [0.15, 0.2) is 36.5 Å². The van der Waals surface area contributed by atoms with Gasteiger partial charge in [0.05, 0.1) is 25.4 Å². The van der Waals surface area contributed by atoms with E-state index in [1.54, 1.807) is 0 Å². The van der Waals surface area contributed by atoms with Gasteiger partial charge in [0.2, 0.25) is 5.91 Å². The maximum Gasteiger partial charge on any atom is 0.305 e. The van der Waals surface area contributed by atoms with E-state index in [1.165, 1.54) is 327 Å². The summed E-state index contributed by atoms with van der Waals surface area (Å²) >= 11 is 0. The van der Waals surface area contributed by atoms with Gasteiger partial charge in [0, 0.05) is 12.8 Å². The molecule has 2 atom stereocenters. The Labute approximate surface area is 513 Å². The average Bonchev–Trinajstić information content (AvgIpc) is 3.48. The summed E-state index contributed by atoms with van der Waals surface area (Å²) in [4.78, 5) is 24.6. The molecule has 0 fully saturated rings. The summed E-state index contributed by atoms with van der Waals surface area (Å²) in [5.74, 6) is -0.0257. The predicted molar refractivity (Wildman–Crippen MR) is 361 cm³/mol. The lowest BCUT2D eigenvalue weighted by Gasteiger charge is -2.22. The fourth-order valence-corrected chi connectivity index (χ4v) is 11.7. The first-order valence-corrected chi connectivity index (χ1v) is 37.2. The molecule has 0 radical (unpaired) electrons. The highest BCUT2D eigenvalue weighted by molar-refractivity contribution is 5.76. The third-order valence-electron chi connectivity index (χ3n) is 17.4. The lowest BCUT2D eigenvalue weighted by atomic mass is 10.0. The number of aliphatic hydroxyl groups excluding tert-OH is 2. The van der Waals surface area contributed by atoms with Crippen molar-refractivity contribution < 1.29 is 24.5 Å². The molecule has 6 nitrogen and oxygen atoms in total. The van der Waals surface area contributed by atoms with Crippen LogP contribution in [0.4, 0.5) is 0 Å². The first-order chi connectivity index (χ1) is 40.5. The van der Waals surface area contributed by atoms with Crippen molar-refractivity contribution in [1.29, 1.82) is 0 Å². The number of aliphatic hydroxyl groups is 2. The Bertz CT molecular complexity index is 1330. The number of carbonyl (C=O) groups is 2. The van der Waals surface area contributed by atoms with E-state index in [1.807, 2.05) is 0 Å². The molecule has 0 aromatic heterocycles. The zero-order valence-electron chi connectivity index (χ0n) is 55.5. The molecule has 3 N–H and O–H groups in total. The second-order valence-corrected chi connectivity index (χ2v) is 25.6. The van der Waals surface area contributed by atoms with Crippen molar-refractivity contribution in [3.63, 3.8) is 0 Å². The Morgan fingerprint density at radius 3 is 0.988 bits per heavy atom. The summed E-state index contributed by atoms with van der Waals surface area (Å²) in [6.45, 7) is 4.92. The molecule has 0 heterocycles. The SMILES string of the molecule is CCC/C=C\C/C=C\CCCCCCCC(=O)OCCCCCCCCCCCCCC/C=C\CCCCCCCCCCCCCCCCCC(=O)NC(CO)C(O)CCCCCCCCCCCCCCCCCCCCCCC. The largest absolute Gasteiger partial charge is 0.466 e. The van der Waals surface area contributed by atoms with Crippen molar-refractivity contribution in [2.45, 2.75) is 424 Å². The molecule has 1 amide bonds. The Hall–Kier alpha value is -1.92. The number of ether oxygens (including phenoxy) is 1. The number of hydrogen-bond acceptors (Lipinski definition) is 5. The number of hydrogen-bond donors (Lipinski definition) is 3. The van der Waals surface area contributed by atoms with E-state index in [9.17, 15) is 19.8 Å². The molecular weight excluding hydrogens is 1010 g/mol. The summed E-state index contributed by atoms with van der Waals surface area (Å²) in [6.07, 6.45) is 92.1. The fraction of sp³-hybridized carbons (Fsp3) is 0.895. The van der Waals surface area contributed by atoms with E-state index < -0.39 is 12.1 Å². The third kappa shape index (κ3) is 67.2. The average molecular weight is 1150 g/mol. The maximum absolute atomic E-state index is 12.6. The number of unbranched alkanes of at least 4 members (excludes halogenated alkanes) is 53. The van der Waals surface area contributed by atoms with E-state index in [-0.39, 0.29) is 18.5 Å². The number of carbonyl (C=O) groups excluding carboxylic acids is 2. The van der Waals surface area contributed by atoms with Crippen LogP contribution in [0.5, 0.6) is 0 Å². The Balaban J connectivity index is 3.37. The van der Waals surface area contributed by atoms with Gasteiger partial charge in [-0.2, -0.15) is 0 Å². The van der Waals surface area contributed by atoms with Gasteiger partial charge in [-0.3, -0.25) is 9.59 Å². The van der Waals surface area contributed by atoms with Crippen LogP contribution in [0.1, 0.15) is 412 Å². The van der Waals surface area contributed by atoms with Gasteiger partial charge in [0.15, 0.2) is 0 Å². The van der Waals surface area contributed by atoms with Gasteiger partial charge in [-0.05, 0) is 77.0 Å². The normalized spacial score (nSPS) is 12.7. The lowest BCUT2D eigenvalue weighted by molar-refractivity contribution is -0.143. The van der Waals surface area contributed by atoms with Gasteiger partial charge in [-0.1, -0.05) is 359 Å². The molecule has 2 unspecified atom stereocenters. The van der Waals surface area contributed by atoms with Crippen LogP contribution >= 0.6 is 0 Å². The molecule has 484 valence electrons. The summed E-state index contributed by atoms with van der Waals surface area (Å²) in [6, 6.07) is -0.541. The van der Waals surface area contributed by atoms with Crippen LogP contribution in [-0.4, -0.2) is 47.4 Å². The Kier molecular flexibility index (Phi) is 69.9. The van der Waals surface area contributed by atoms with Crippen LogP contribution in [0.2, 0.25) is 0 Å². The molecule has 0 saturated heterocycles. The first kappa shape index (κ1) is 80.1. The van der Waals surface area contributed by atoms with Crippen LogP contribution in [0.25, 0.3) is 0 Å². The zero-order chi connectivity index (χ0) is 59.2. The number of rotatable bonds is 70. The summed E-state index contributed by atoms with van der Waals surface area (Å²) in [5.41, 5.74) is 0. The van der Waals surface area contributed by atoms with Crippen molar-refractivity contribution in [3.8, 4) is 0 Å². The minimum absolute atomic E-state index is 0.00275. The maximum atomic E-state index is 12.6. The molecular formula is C76H145NO5. The highest BCUT2D eigenvalue weighted by atomic mass is 16.5. The molecule has 0 aliphatic carbocycles. The van der Waals surface area contributed by atoms with Crippen LogP contribution < -0.4 is 5.32 Å². The van der Waals surface area contributed by atoms with E-state index in [0.29, 0.717) is 25.9 Å². The fourth-order valence-electron chi connectivity index (χ4n) is 11.7. The van der Waals surface area contributed by atoms with Crippen molar-refractivity contribution in [3.05, 3.63) is 36.5 Å². The van der Waals surface area contributed by atoms with Gasteiger partial charge in [-0.25, -0.2) is 0 Å². The summed E-state index contributed by atoms with van der Waals surface area (Å²) in [5, 5.41) is 23.4. The lowest BCUT2D eigenvalue weighted by Crippen LogP contribution is -2.45. The van der Waals surface area contributed by atoms with Crippen LogP contribution in [-0.2, 0) is 14.3 Å². The van der Waals surface area contributed by atoms with Gasteiger partial charge < -0.3 is 20.3 Å². The quantitative estimate of drug-likeness (QED) is 0.0320. The second kappa shape index (κ2) is 71.6. The van der Waals surface area contributed by atoms with Gasteiger partial charge in [0.25, 0.3) is 0 Å². The van der Waals surface area contributed by atoms with Crippen molar-refractivity contribution in [1.82, 2.24) is 5.32 Å². The topological polar surface area (TPSA) is 95.9 Å². The van der Waals surface area contributed by atoms with Gasteiger partial charge in [0.1, 0.15) is 0 Å². The molecule has 0 saturated carbocycles. The molecule has 0 aromatic carbocycles. The standard InChI is InChI=1S/C76H145NO5/c1-3-5-7-9-11-13-15-17-18-19-20-32-35-38-41-45-48-52-56-60-64-68-74(79)73(72-78)77-75(80)69-65-61-57-53-49-46-42-39-36-33-30-28-26-24-22-21-23-25-27-29-31-34-37-40-43-47-51-55-59-63-67-71-82-76(81)70-66-62-58-54-50-44-16-14-12-10-8-6-4-2/h8,10,14,16,23,25,73-74,78-79H,3-7,9,11-13,15,17-22,24,26-72H2,1-2H3,(H,77,80)/b10-8-,16-14-,25-23-. The van der Waals surface area contributed by atoms with E-state index in [4.69, 9.17) is 4.74 Å². The van der Waals surface area contributed by atoms with E-state index in [0.717, 1.165) is 51.4 Å². The van der Waals surface area contributed by atoms with Crippen molar-refractivity contribution >= 4 is 11.9 Å². The smallest absolute Gasteiger partial charge is 0.305 e. The Morgan fingerprint density at radius 1 is 0.341 bits per heavy atom. The molecule has 0 aliphatic rings. The van der Waals surface area contributed by atoms with Crippen molar-refractivity contribution in [2.24, 2.45) is 0 Å². The molecule has 82 heavy (non-hydrogen) atoms. The minimum Gasteiger partial charge on any atom is -0.466 e. The number of esters is 1. The van der Waals surface area contributed by atoms with Crippen molar-refractivity contribution in [2.75, 3.05) is 13.2 Å². The van der Waals surface area contributed by atoms with Gasteiger partial charge in [-0.15, -0.1) is 0 Å². The minimum atomic E-state index is -0.664. The summed E-state index contributed by atoms with van der Waals surface area (Å²) < 4.78 is 5.48. The molecule has 0 aromatic rings. The van der Waals surface area contributed by atoms with E-state index in [2.05, 4.69) is 55.6 Å². The second-order valence-electron chi connectivity index (χ2n) is 25.6. The molecule has 0 spiro atoms. The highest BCUT2D eigenvalue weighted by Gasteiger charge is 2.20. The highest BCUT2D eigenvalue weighted by Crippen LogP contribution is 2.19. The number of amides is 1. The predicted octanol–water partition coefficient (Wildman–Crippen LogP) is 24.3. The van der Waals surface area contributed by atoms with Crippen LogP contribution in [0, 0.1) is 0 Å². The molecule has 6 heteroatoms. The number of allylic oxidation sites excluding steroid dienone is 6. The molecule has 0 bridgehead atoms. The van der Waals surface area contributed by atoms with E-state index >= 15 is 0 Å². The summed E-state index contributed by atoms with van der Waals surface area (Å²) in [7, 11) is 0.